The third-order valence-corrected chi connectivity index (χ3v) is 5.48. The Morgan fingerprint density at radius 2 is 1.92 bits per heavy atom. The smallest absolute Gasteiger partial charge is 0.317 e. The lowest BCUT2D eigenvalue weighted by molar-refractivity contribution is 0.0628. The second kappa shape index (κ2) is 7.57. The zero-order chi connectivity index (χ0) is 17.0. The third kappa shape index (κ3) is 4.51. The van der Waals surface area contributed by atoms with Gasteiger partial charge in [-0.15, -0.1) is 0 Å². The summed E-state index contributed by atoms with van der Waals surface area (Å²) in [7, 11) is 2.19. The minimum atomic E-state index is 0.0397. The number of furan rings is 1. The van der Waals surface area contributed by atoms with E-state index in [1.54, 1.807) is 12.5 Å². The number of nitrogens with one attached hydrogen (secondary N) is 1. The van der Waals surface area contributed by atoms with Crippen LogP contribution in [0.4, 0.5) is 4.79 Å². The molecular weight excluding hydrogens is 304 g/mol. The van der Waals surface area contributed by atoms with Crippen LogP contribution >= 0.6 is 0 Å². The van der Waals surface area contributed by atoms with Gasteiger partial charge >= 0.3 is 6.03 Å². The van der Waals surface area contributed by atoms with Crippen molar-refractivity contribution in [1.82, 2.24) is 20.0 Å². The molecule has 2 fully saturated rings. The summed E-state index contributed by atoms with van der Waals surface area (Å²) < 4.78 is 5.03. The molecule has 1 N–H and O–H groups in total. The van der Waals surface area contributed by atoms with Crippen LogP contribution in [0.1, 0.15) is 25.3 Å². The van der Waals surface area contributed by atoms with Crippen molar-refractivity contribution in [3.63, 3.8) is 0 Å². The molecule has 0 saturated carbocycles. The number of carbonyl (C=O) groups is 1. The Morgan fingerprint density at radius 1 is 1.21 bits per heavy atom. The van der Waals surface area contributed by atoms with Gasteiger partial charge in [-0.25, -0.2) is 4.79 Å². The standard InChI is InChI=1S/C18H30N4O2/c1-18(15-21-10-8-20(2)9-11-21)4-6-22(7-5-18)17(23)19-13-16-3-12-24-14-16/h3,12,14H,4-11,13,15H2,1-2H3,(H,19,23). The molecule has 0 aliphatic carbocycles. The summed E-state index contributed by atoms with van der Waals surface area (Å²) in [5.74, 6) is 0. The molecule has 2 amide bonds. The van der Waals surface area contributed by atoms with Crippen LogP contribution in [0.15, 0.2) is 23.0 Å². The number of piperazine rings is 1. The lowest BCUT2D eigenvalue weighted by Crippen LogP contribution is -2.52. The second-order valence-corrected chi connectivity index (χ2v) is 7.67. The number of amides is 2. The summed E-state index contributed by atoms with van der Waals surface area (Å²) >= 11 is 0. The monoisotopic (exact) mass is 334 g/mol. The van der Waals surface area contributed by atoms with Gasteiger partial charge < -0.3 is 24.4 Å². The van der Waals surface area contributed by atoms with Gasteiger partial charge in [-0.1, -0.05) is 6.92 Å². The molecular formula is C18H30N4O2. The second-order valence-electron chi connectivity index (χ2n) is 7.67. The Hall–Kier alpha value is -1.53. The van der Waals surface area contributed by atoms with Gasteiger partial charge in [0.15, 0.2) is 0 Å². The van der Waals surface area contributed by atoms with Gasteiger partial charge in [-0.05, 0) is 31.4 Å². The molecule has 2 aliphatic rings. The van der Waals surface area contributed by atoms with Crippen LogP contribution in [-0.2, 0) is 6.54 Å². The average molecular weight is 334 g/mol. The predicted octanol–water partition coefficient (Wildman–Crippen LogP) is 1.84. The van der Waals surface area contributed by atoms with Crippen LogP contribution in [0.2, 0.25) is 0 Å². The molecule has 6 heteroatoms. The van der Waals surface area contributed by atoms with Crippen molar-refractivity contribution in [3.8, 4) is 0 Å². The molecule has 0 spiro atoms. The fourth-order valence-corrected chi connectivity index (χ4v) is 3.64. The van der Waals surface area contributed by atoms with E-state index in [1.165, 1.54) is 26.2 Å². The molecule has 24 heavy (non-hydrogen) atoms. The predicted molar refractivity (Wildman–Crippen MR) is 93.8 cm³/mol. The van der Waals surface area contributed by atoms with E-state index in [4.69, 9.17) is 4.42 Å². The SMILES string of the molecule is CN1CCN(CC2(C)CCN(C(=O)NCc3ccoc3)CC2)CC1. The Labute approximate surface area is 144 Å². The number of likely N-dealkylation sites (tertiary alicyclic amines) is 1. The molecule has 0 atom stereocenters. The molecule has 3 heterocycles. The van der Waals surface area contributed by atoms with Crippen molar-refractivity contribution < 1.29 is 9.21 Å². The molecule has 1 aromatic rings. The van der Waals surface area contributed by atoms with E-state index in [0.29, 0.717) is 12.0 Å². The first-order valence-corrected chi connectivity index (χ1v) is 8.99. The highest BCUT2D eigenvalue weighted by molar-refractivity contribution is 5.74. The number of nitrogens with zero attached hydrogens (tertiary/aromatic N) is 3. The van der Waals surface area contributed by atoms with Gasteiger partial charge in [0.1, 0.15) is 0 Å². The summed E-state index contributed by atoms with van der Waals surface area (Å²) in [6.07, 6.45) is 5.46. The molecule has 3 rings (SSSR count). The molecule has 0 aromatic carbocycles. The molecule has 2 saturated heterocycles. The van der Waals surface area contributed by atoms with E-state index in [0.717, 1.165) is 38.0 Å². The largest absolute Gasteiger partial charge is 0.472 e. The Bertz CT molecular complexity index is 515. The van der Waals surface area contributed by atoms with Crippen molar-refractivity contribution in [2.24, 2.45) is 5.41 Å². The minimum Gasteiger partial charge on any atom is -0.472 e. The highest BCUT2D eigenvalue weighted by Gasteiger charge is 2.33. The van der Waals surface area contributed by atoms with Crippen LogP contribution in [-0.4, -0.2) is 73.6 Å². The molecule has 0 bridgehead atoms. The fourth-order valence-electron chi connectivity index (χ4n) is 3.64. The van der Waals surface area contributed by atoms with Gasteiger partial charge in [0.05, 0.1) is 12.5 Å². The van der Waals surface area contributed by atoms with Crippen molar-refractivity contribution in [3.05, 3.63) is 24.2 Å². The summed E-state index contributed by atoms with van der Waals surface area (Å²) in [4.78, 5) is 19.2. The number of hydrogen-bond acceptors (Lipinski definition) is 4. The Kier molecular flexibility index (Phi) is 5.46. The van der Waals surface area contributed by atoms with Crippen LogP contribution in [0.5, 0.6) is 0 Å². The van der Waals surface area contributed by atoms with Crippen LogP contribution in [0.25, 0.3) is 0 Å². The van der Waals surface area contributed by atoms with Crippen molar-refractivity contribution in [2.45, 2.75) is 26.3 Å². The highest BCUT2D eigenvalue weighted by atomic mass is 16.3. The Balaban J connectivity index is 1.41. The number of rotatable bonds is 4. The van der Waals surface area contributed by atoms with Crippen LogP contribution in [0, 0.1) is 5.41 Å². The molecule has 134 valence electrons. The number of carbonyl (C=O) groups excluding carboxylic acids is 1. The van der Waals surface area contributed by atoms with Gasteiger partial charge in [-0.2, -0.15) is 0 Å². The summed E-state index contributed by atoms with van der Waals surface area (Å²) in [5, 5.41) is 2.98. The maximum Gasteiger partial charge on any atom is 0.317 e. The molecule has 0 radical (unpaired) electrons. The first-order chi connectivity index (χ1) is 11.5. The number of urea groups is 1. The zero-order valence-corrected chi connectivity index (χ0v) is 15.0. The molecule has 2 aliphatic heterocycles. The first kappa shape index (κ1) is 17.3. The van der Waals surface area contributed by atoms with E-state index in [9.17, 15) is 4.79 Å². The van der Waals surface area contributed by atoms with E-state index < -0.39 is 0 Å². The molecule has 0 unspecified atom stereocenters. The Morgan fingerprint density at radius 3 is 2.54 bits per heavy atom. The summed E-state index contributed by atoms with van der Waals surface area (Å²) in [6.45, 7) is 10.4. The lowest BCUT2D eigenvalue weighted by Gasteiger charge is -2.44. The van der Waals surface area contributed by atoms with Crippen LogP contribution in [0.3, 0.4) is 0 Å². The quantitative estimate of drug-likeness (QED) is 0.913. The number of likely N-dealkylation sites (N-methyl/N-ethyl adjacent to an activating group) is 1. The number of hydrogen-bond donors (Lipinski definition) is 1. The number of piperidine rings is 1. The first-order valence-electron chi connectivity index (χ1n) is 8.99. The summed E-state index contributed by atoms with van der Waals surface area (Å²) in [5.41, 5.74) is 1.33. The minimum absolute atomic E-state index is 0.0397. The third-order valence-electron chi connectivity index (χ3n) is 5.48. The van der Waals surface area contributed by atoms with Crippen LogP contribution < -0.4 is 5.32 Å². The molecule has 1 aromatic heterocycles. The van der Waals surface area contributed by atoms with E-state index in [1.807, 2.05) is 11.0 Å². The maximum atomic E-state index is 12.3. The summed E-state index contributed by atoms with van der Waals surface area (Å²) in [6, 6.07) is 1.92. The van der Waals surface area contributed by atoms with Crippen molar-refractivity contribution >= 4 is 6.03 Å². The van der Waals surface area contributed by atoms with E-state index in [-0.39, 0.29) is 6.03 Å². The highest BCUT2D eigenvalue weighted by Crippen LogP contribution is 2.32. The van der Waals surface area contributed by atoms with Gasteiger partial charge in [0, 0.05) is 57.9 Å². The van der Waals surface area contributed by atoms with Crippen molar-refractivity contribution in [2.75, 3.05) is 52.9 Å². The molecule has 6 nitrogen and oxygen atoms in total. The van der Waals surface area contributed by atoms with Gasteiger partial charge in [0.25, 0.3) is 0 Å². The van der Waals surface area contributed by atoms with Crippen molar-refractivity contribution in [1.29, 1.82) is 0 Å². The average Bonchev–Trinajstić information content (AvgIpc) is 3.09. The normalized spacial score (nSPS) is 22.5. The van der Waals surface area contributed by atoms with E-state index in [2.05, 4.69) is 29.1 Å². The lowest BCUT2D eigenvalue weighted by atomic mass is 9.80. The fraction of sp³-hybridized carbons (Fsp3) is 0.722. The van der Waals surface area contributed by atoms with Gasteiger partial charge in [-0.3, -0.25) is 0 Å². The maximum absolute atomic E-state index is 12.3. The van der Waals surface area contributed by atoms with Gasteiger partial charge in [0.2, 0.25) is 0 Å². The topological polar surface area (TPSA) is 52.0 Å². The van der Waals surface area contributed by atoms with E-state index >= 15 is 0 Å². The zero-order valence-electron chi connectivity index (χ0n) is 15.0.